The number of anilines is 1. The highest BCUT2D eigenvalue weighted by Crippen LogP contribution is 2.33. The molecule has 3 aromatic carbocycles. The van der Waals surface area contributed by atoms with Gasteiger partial charge < -0.3 is 15.2 Å². The van der Waals surface area contributed by atoms with Gasteiger partial charge in [0.15, 0.2) is 0 Å². The Bertz CT molecular complexity index is 1010. The molecule has 28 heavy (non-hydrogen) atoms. The van der Waals surface area contributed by atoms with Crippen molar-refractivity contribution < 1.29 is 14.6 Å². The van der Waals surface area contributed by atoms with Gasteiger partial charge in [-0.3, -0.25) is 4.79 Å². The Morgan fingerprint density at radius 2 is 1.86 bits per heavy atom. The van der Waals surface area contributed by atoms with Gasteiger partial charge in [-0.05, 0) is 48.4 Å². The molecule has 0 aliphatic rings. The maximum Gasteiger partial charge on any atom is 0.259 e. The van der Waals surface area contributed by atoms with Crippen LogP contribution < -0.4 is 10.1 Å². The molecular weight excluding hydrogens is 442 g/mol. The van der Waals surface area contributed by atoms with E-state index in [0.717, 1.165) is 10.0 Å². The lowest BCUT2D eigenvalue weighted by atomic mass is 9.99. The number of aliphatic hydroxyl groups is 1. The minimum Gasteiger partial charge on any atom is -0.496 e. The fourth-order valence-electron chi connectivity index (χ4n) is 3.05. The molecule has 0 bridgehead atoms. The van der Waals surface area contributed by atoms with E-state index in [9.17, 15) is 9.90 Å². The number of aryl methyl sites for hydroxylation is 1. The molecule has 4 nitrogen and oxygen atoms in total. The van der Waals surface area contributed by atoms with Crippen LogP contribution in [0.15, 0.2) is 65.1 Å². The van der Waals surface area contributed by atoms with Gasteiger partial charge in [0.2, 0.25) is 0 Å². The number of methoxy groups -OCH3 is 1. The summed E-state index contributed by atoms with van der Waals surface area (Å²) in [5.74, 6) is 0.157. The van der Waals surface area contributed by atoms with Crippen LogP contribution in [0.5, 0.6) is 5.75 Å². The Morgan fingerprint density at radius 3 is 2.54 bits per heavy atom. The molecule has 144 valence electrons. The predicted molar refractivity (Wildman–Crippen MR) is 115 cm³/mol. The Morgan fingerprint density at radius 1 is 1.14 bits per heavy atom. The van der Waals surface area contributed by atoms with E-state index in [-0.39, 0.29) is 5.91 Å². The number of ether oxygens (including phenoxy) is 1. The van der Waals surface area contributed by atoms with Crippen molar-refractivity contribution in [2.45, 2.75) is 13.0 Å². The van der Waals surface area contributed by atoms with Crippen LogP contribution in [-0.2, 0) is 0 Å². The zero-order chi connectivity index (χ0) is 20.3. The second kappa shape index (κ2) is 8.78. The highest BCUT2D eigenvalue weighted by molar-refractivity contribution is 9.10. The summed E-state index contributed by atoms with van der Waals surface area (Å²) in [6.45, 7) is 1.87. The fourth-order valence-corrected chi connectivity index (χ4v) is 3.80. The molecule has 0 saturated carbocycles. The van der Waals surface area contributed by atoms with E-state index in [0.29, 0.717) is 33.1 Å². The van der Waals surface area contributed by atoms with E-state index >= 15 is 0 Å². The van der Waals surface area contributed by atoms with Crippen molar-refractivity contribution in [3.05, 3.63) is 92.4 Å². The highest BCUT2D eigenvalue weighted by atomic mass is 79.9. The van der Waals surface area contributed by atoms with Crippen LogP contribution in [0, 0.1) is 6.92 Å². The number of nitrogens with one attached hydrogen (secondary N) is 1. The van der Waals surface area contributed by atoms with Gasteiger partial charge in [-0.2, -0.15) is 0 Å². The average Bonchev–Trinajstić information content (AvgIpc) is 2.68. The molecule has 1 atom stereocenters. The molecule has 3 aromatic rings. The summed E-state index contributed by atoms with van der Waals surface area (Å²) in [6.07, 6.45) is -0.929. The van der Waals surface area contributed by atoms with Crippen LogP contribution in [0.25, 0.3) is 0 Å². The number of amides is 1. The summed E-state index contributed by atoms with van der Waals surface area (Å²) < 4.78 is 6.18. The molecule has 0 aliphatic heterocycles. The van der Waals surface area contributed by atoms with Gasteiger partial charge in [0.05, 0.1) is 12.7 Å². The van der Waals surface area contributed by atoms with Crippen molar-refractivity contribution in [1.82, 2.24) is 0 Å². The number of hydrogen-bond donors (Lipinski definition) is 2. The minimum atomic E-state index is -0.929. The molecule has 0 aliphatic carbocycles. The van der Waals surface area contributed by atoms with E-state index in [2.05, 4.69) is 21.2 Å². The number of hydrogen-bond acceptors (Lipinski definition) is 3. The Hall–Kier alpha value is -2.34. The van der Waals surface area contributed by atoms with E-state index in [4.69, 9.17) is 16.3 Å². The lowest BCUT2D eigenvalue weighted by Gasteiger charge is -2.18. The van der Waals surface area contributed by atoms with Gasteiger partial charge >= 0.3 is 0 Å². The van der Waals surface area contributed by atoms with E-state index in [1.807, 2.05) is 43.3 Å². The summed E-state index contributed by atoms with van der Waals surface area (Å²) in [6, 6.07) is 17.8. The molecule has 2 N–H and O–H groups in total. The minimum absolute atomic E-state index is 0.343. The molecule has 6 heteroatoms. The van der Waals surface area contributed by atoms with Crippen LogP contribution in [0.3, 0.4) is 0 Å². The largest absolute Gasteiger partial charge is 0.496 e. The molecule has 0 saturated heterocycles. The lowest BCUT2D eigenvalue weighted by Crippen LogP contribution is -2.16. The van der Waals surface area contributed by atoms with Crippen molar-refractivity contribution in [2.24, 2.45) is 0 Å². The molecule has 0 spiro atoms. The first-order valence-corrected chi connectivity index (χ1v) is 9.75. The Labute approximate surface area is 177 Å². The van der Waals surface area contributed by atoms with Gasteiger partial charge in [0, 0.05) is 20.7 Å². The summed E-state index contributed by atoms with van der Waals surface area (Å²) in [7, 11) is 1.53. The van der Waals surface area contributed by atoms with Crippen LogP contribution in [0.2, 0.25) is 5.02 Å². The summed E-state index contributed by atoms with van der Waals surface area (Å²) in [4.78, 5) is 13.0. The van der Waals surface area contributed by atoms with E-state index < -0.39 is 6.10 Å². The van der Waals surface area contributed by atoms with Crippen molar-refractivity contribution >= 4 is 39.1 Å². The topological polar surface area (TPSA) is 58.6 Å². The summed E-state index contributed by atoms with van der Waals surface area (Å²) >= 11 is 9.56. The first-order chi connectivity index (χ1) is 13.4. The first-order valence-electron chi connectivity index (χ1n) is 8.58. The summed E-state index contributed by atoms with van der Waals surface area (Å²) in [5.41, 5.74) is 2.92. The third kappa shape index (κ3) is 4.38. The number of benzene rings is 3. The molecule has 3 rings (SSSR count). The smallest absolute Gasteiger partial charge is 0.259 e. The normalized spacial score (nSPS) is 11.8. The molecule has 1 amide bonds. The zero-order valence-electron chi connectivity index (χ0n) is 15.4. The zero-order valence-corrected chi connectivity index (χ0v) is 17.7. The lowest BCUT2D eigenvalue weighted by molar-refractivity contribution is 0.102. The van der Waals surface area contributed by atoms with Crippen molar-refractivity contribution in [3.63, 3.8) is 0 Å². The molecule has 0 heterocycles. The number of halogens is 2. The van der Waals surface area contributed by atoms with Crippen LogP contribution in [0.1, 0.15) is 33.2 Å². The maximum atomic E-state index is 13.0. The third-order valence-electron chi connectivity index (χ3n) is 4.36. The predicted octanol–water partition coefficient (Wildman–Crippen LogP) is 5.75. The Kier molecular flexibility index (Phi) is 6.39. The van der Waals surface area contributed by atoms with Crippen molar-refractivity contribution in [2.75, 3.05) is 12.4 Å². The molecule has 1 unspecified atom stereocenters. The second-order valence-electron chi connectivity index (χ2n) is 6.30. The standard InChI is InChI=1S/C22H19BrClNO3/c1-13-10-15(23)11-18(21(13)28-2)22(27)25-19-9-8-16(24)12-17(19)20(26)14-6-4-3-5-7-14/h3-12,20,26H,1-2H3,(H,25,27). The Balaban J connectivity index is 1.99. The van der Waals surface area contributed by atoms with Crippen molar-refractivity contribution in [1.29, 1.82) is 0 Å². The maximum absolute atomic E-state index is 13.0. The van der Waals surface area contributed by atoms with Gasteiger partial charge in [0.1, 0.15) is 11.9 Å². The number of carbonyl (C=O) groups excluding carboxylic acids is 1. The van der Waals surface area contributed by atoms with Gasteiger partial charge in [0.25, 0.3) is 5.91 Å². The number of rotatable bonds is 5. The van der Waals surface area contributed by atoms with Gasteiger partial charge in [-0.25, -0.2) is 0 Å². The van der Waals surface area contributed by atoms with Crippen LogP contribution in [-0.4, -0.2) is 18.1 Å². The molecule has 0 radical (unpaired) electrons. The molecular formula is C22H19BrClNO3. The number of carbonyl (C=O) groups is 1. The second-order valence-corrected chi connectivity index (χ2v) is 7.65. The third-order valence-corrected chi connectivity index (χ3v) is 5.05. The monoisotopic (exact) mass is 459 g/mol. The molecule has 0 fully saturated rings. The first kappa shape index (κ1) is 20.4. The SMILES string of the molecule is COc1c(C)cc(Br)cc1C(=O)Nc1ccc(Cl)cc1C(O)c1ccccc1. The highest BCUT2D eigenvalue weighted by Gasteiger charge is 2.20. The van der Waals surface area contributed by atoms with E-state index in [1.54, 1.807) is 24.3 Å². The van der Waals surface area contributed by atoms with Crippen LogP contribution in [0.4, 0.5) is 5.69 Å². The summed E-state index contributed by atoms with van der Waals surface area (Å²) in [5, 5.41) is 14.2. The van der Waals surface area contributed by atoms with Crippen LogP contribution >= 0.6 is 27.5 Å². The van der Waals surface area contributed by atoms with Crippen molar-refractivity contribution in [3.8, 4) is 5.75 Å². The fraction of sp³-hybridized carbons (Fsp3) is 0.136. The average molecular weight is 461 g/mol. The van der Waals surface area contributed by atoms with E-state index in [1.165, 1.54) is 7.11 Å². The van der Waals surface area contributed by atoms with Gasteiger partial charge in [-0.15, -0.1) is 0 Å². The van der Waals surface area contributed by atoms with Gasteiger partial charge in [-0.1, -0.05) is 57.9 Å². The quantitative estimate of drug-likeness (QED) is 0.509. The number of aliphatic hydroxyl groups excluding tert-OH is 1. The molecule has 0 aromatic heterocycles.